The molecule has 0 aliphatic heterocycles. The van der Waals surface area contributed by atoms with Gasteiger partial charge in [0.2, 0.25) is 0 Å². The number of hydrogen-bond acceptors (Lipinski definition) is 4. The molecule has 0 saturated heterocycles. The fraction of sp³-hybridized carbons (Fsp3) is 0.300. The SMILES string of the molecule is CC(C)(C#N)c1cc(O)ccc1[N+](=O)[O-]. The van der Waals surface area contributed by atoms with Gasteiger partial charge < -0.3 is 5.11 Å². The van der Waals surface area contributed by atoms with E-state index < -0.39 is 10.3 Å². The van der Waals surface area contributed by atoms with Gasteiger partial charge in [0.15, 0.2) is 0 Å². The Balaban J connectivity index is 3.45. The summed E-state index contributed by atoms with van der Waals surface area (Å²) in [5.41, 5.74) is -0.935. The number of nitrogens with zero attached hydrogens (tertiary/aromatic N) is 2. The summed E-state index contributed by atoms with van der Waals surface area (Å²) in [5, 5.41) is 28.8. The number of nitriles is 1. The minimum absolute atomic E-state index is 0.0843. The zero-order valence-electron chi connectivity index (χ0n) is 8.39. The van der Waals surface area contributed by atoms with Crippen LogP contribution in [0.3, 0.4) is 0 Å². The summed E-state index contributed by atoms with van der Waals surface area (Å²) in [7, 11) is 0. The van der Waals surface area contributed by atoms with E-state index in [1.165, 1.54) is 18.2 Å². The normalized spacial score (nSPS) is 10.7. The van der Waals surface area contributed by atoms with Gasteiger partial charge in [0, 0.05) is 6.07 Å². The maximum atomic E-state index is 10.7. The monoisotopic (exact) mass is 206 g/mol. The zero-order valence-corrected chi connectivity index (χ0v) is 8.39. The van der Waals surface area contributed by atoms with Crippen LogP contribution in [0.5, 0.6) is 5.75 Å². The van der Waals surface area contributed by atoms with Crippen molar-refractivity contribution < 1.29 is 10.0 Å². The standard InChI is InChI=1S/C10H10N2O3/c1-10(2,6-11)8-5-7(13)3-4-9(8)12(14)15/h3-5,13H,1-2H3. The number of hydrogen-bond donors (Lipinski definition) is 1. The lowest BCUT2D eigenvalue weighted by molar-refractivity contribution is -0.385. The van der Waals surface area contributed by atoms with Crippen molar-refractivity contribution in [2.24, 2.45) is 0 Å². The van der Waals surface area contributed by atoms with Crippen LogP contribution < -0.4 is 0 Å². The summed E-state index contributed by atoms with van der Waals surface area (Å²) in [6.07, 6.45) is 0. The Morgan fingerprint density at radius 1 is 1.53 bits per heavy atom. The molecule has 0 bridgehead atoms. The van der Waals surface area contributed by atoms with Gasteiger partial charge in [-0.1, -0.05) is 0 Å². The van der Waals surface area contributed by atoms with Crippen LogP contribution in [0.25, 0.3) is 0 Å². The maximum Gasteiger partial charge on any atom is 0.274 e. The number of rotatable bonds is 2. The Morgan fingerprint density at radius 3 is 2.60 bits per heavy atom. The summed E-state index contributed by atoms with van der Waals surface area (Å²) in [6, 6.07) is 5.65. The van der Waals surface area contributed by atoms with Crippen LogP contribution in [0.4, 0.5) is 5.69 Å². The first-order valence-corrected chi connectivity index (χ1v) is 4.27. The molecule has 5 nitrogen and oxygen atoms in total. The van der Waals surface area contributed by atoms with E-state index >= 15 is 0 Å². The fourth-order valence-corrected chi connectivity index (χ4v) is 1.24. The molecule has 1 N–H and O–H groups in total. The van der Waals surface area contributed by atoms with Gasteiger partial charge in [0.05, 0.1) is 22.0 Å². The van der Waals surface area contributed by atoms with Gasteiger partial charge >= 0.3 is 0 Å². The van der Waals surface area contributed by atoms with E-state index in [4.69, 9.17) is 5.26 Å². The molecule has 1 aromatic rings. The molecule has 78 valence electrons. The molecule has 15 heavy (non-hydrogen) atoms. The van der Waals surface area contributed by atoms with E-state index in [9.17, 15) is 15.2 Å². The molecule has 0 atom stereocenters. The van der Waals surface area contributed by atoms with Crippen molar-refractivity contribution in [1.82, 2.24) is 0 Å². The molecule has 0 radical (unpaired) electrons. The van der Waals surface area contributed by atoms with Crippen LogP contribution in [0, 0.1) is 21.4 Å². The molecule has 5 heteroatoms. The number of phenolic OH excluding ortho intramolecular Hbond substituents is 1. The van der Waals surface area contributed by atoms with Crippen LogP contribution in [-0.4, -0.2) is 10.0 Å². The van der Waals surface area contributed by atoms with Gasteiger partial charge in [-0.25, -0.2) is 0 Å². The van der Waals surface area contributed by atoms with Crippen molar-refractivity contribution in [2.75, 3.05) is 0 Å². The molecule has 0 heterocycles. The highest BCUT2D eigenvalue weighted by atomic mass is 16.6. The van der Waals surface area contributed by atoms with E-state index in [-0.39, 0.29) is 17.0 Å². The number of nitro groups is 1. The molecule has 0 aromatic heterocycles. The maximum absolute atomic E-state index is 10.7. The third kappa shape index (κ3) is 2.05. The molecule has 0 unspecified atom stereocenters. The number of aromatic hydroxyl groups is 1. The topological polar surface area (TPSA) is 87.2 Å². The van der Waals surface area contributed by atoms with Gasteiger partial charge in [-0.3, -0.25) is 10.1 Å². The Morgan fingerprint density at radius 2 is 2.13 bits per heavy atom. The van der Waals surface area contributed by atoms with Gasteiger partial charge in [0.1, 0.15) is 5.75 Å². The molecule has 0 aliphatic carbocycles. The van der Waals surface area contributed by atoms with Crippen LogP contribution in [0.15, 0.2) is 18.2 Å². The molecule has 0 fully saturated rings. The second-order valence-electron chi connectivity index (χ2n) is 3.70. The first-order valence-electron chi connectivity index (χ1n) is 4.27. The minimum atomic E-state index is -0.999. The predicted octanol–water partition coefficient (Wildman–Crippen LogP) is 2.10. The van der Waals surface area contributed by atoms with E-state index in [0.717, 1.165) is 0 Å². The molecule has 1 aromatic carbocycles. The minimum Gasteiger partial charge on any atom is -0.508 e. The largest absolute Gasteiger partial charge is 0.508 e. The fourth-order valence-electron chi connectivity index (χ4n) is 1.24. The van der Waals surface area contributed by atoms with Gasteiger partial charge in [0.25, 0.3) is 5.69 Å². The van der Waals surface area contributed by atoms with Gasteiger partial charge in [-0.2, -0.15) is 5.26 Å². The lowest BCUT2D eigenvalue weighted by Crippen LogP contribution is -2.15. The third-order valence-corrected chi connectivity index (χ3v) is 2.13. The van der Waals surface area contributed by atoms with Crippen molar-refractivity contribution in [3.63, 3.8) is 0 Å². The summed E-state index contributed by atoms with van der Waals surface area (Å²) in [5.74, 6) is -0.0843. The number of phenols is 1. The molecule has 0 aliphatic rings. The van der Waals surface area contributed by atoms with E-state index in [1.807, 2.05) is 6.07 Å². The highest BCUT2D eigenvalue weighted by molar-refractivity contribution is 5.50. The van der Waals surface area contributed by atoms with Crippen LogP contribution in [0.2, 0.25) is 0 Å². The summed E-state index contributed by atoms with van der Waals surface area (Å²) in [4.78, 5) is 10.1. The predicted molar refractivity (Wildman–Crippen MR) is 53.4 cm³/mol. The zero-order chi connectivity index (χ0) is 11.6. The van der Waals surface area contributed by atoms with E-state index in [1.54, 1.807) is 13.8 Å². The van der Waals surface area contributed by atoms with E-state index in [2.05, 4.69) is 0 Å². The lowest BCUT2D eigenvalue weighted by atomic mass is 9.85. The van der Waals surface area contributed by atoms with Gasteiger partial charge in [-0.15, -0.1) is 0 Å². The Hall–Kier alpha value is -2.09. The Bertz CT molecular complexity index is 446. The highest BCUT2D eigenvalue weighted by Gasteiger charge is 2.29. The molecular formula is C10H10N2O3. The Kier molecular flexibility index (Phi) is 2.62. The van der Waals surface area contributed by atoms with Crippen LogP contribution in [-0.2, 0) is 5.41 Å². The second-order valence-corrected chi connectivity index (χ2v) is 3.70. The molecular weight excluding hydrogens is 196 g/mol. The van der Waals surface area contributed by atoms with E-state index in [0.29, 0.717) is 0 Å². The quantitative estimate of drug-likeness (QED) is 0.592. The molecule has 0 amide bonds. The molecule has 1 rings (SSSR count). The summed E-state index contributed by atoms with van der Waals surface area (Å²) >= 11 is 0. The van der Waals surface area contributed by atoms with Crippen molar-refractivity contribution in [3.8, 4) is 11.8 Å². The lowest BCUT2D eigenvalue weighted by Gasteiger charge is -2.15. The average molecular weight is 206 g/mol. The molecule has 0 spiro atoms. The Labute approximate surface area is 86.7 Å². The van der Waals surface area contributed by atoms with Crippen molar-refractivity contribution >= 4 is 5.69 Å². The average Bonchev–Trinajstić information content (AvgIpc) is 2.17. The summed E-state index contributed by atoms with van der Waals surface area (Å²) in [6.45, 7) is 3.13. The summed E-state index contributed by atoms with van der Waals surface area (Å²) < 4.78 is 0. The first kappa shape index (κ1) is 11.0. The van der Waals surface area contributed by atoms with Crippen molar-refractivity contribution in [2.45, 2.75) is 19.3 Å². The molecule has 0 saturated carbocycles. The van der Waals surface area contributed by atoms with Crippen molar-refractivity contribution in [3.05, 3.63) is 33.9 Å². The van der Waals surface area contributed by atoms with Crippen LogP contribution in [0.1, 0.15) is 19.4 Å². The number of benzene rings is 1. The smallest absolute Gasteiger partial charge is 0.274 e. The number of nitro benzene ring substituents is 1. The third-order valence-electron chi connectivity index (χ3n) is 2.13. The van der Waals surface area contributed by atoms with Crippen molar-refractivity contribution in [1.29, 1.82) is 5.26 Å². The highest BCUT2D eigenvalue weighted by Crippen LogP contribution is 2.33. The van der Waals surface area contributed by atoms with Gasteiger partial charge in [-0.05, 0) is 26.0 Å². The van der Waals surface area contributed by atoms with Crippen LogP contribution >= 0.6 is 0 Å². The second kappa shape index (κ2) is 3.58. The first-order chi connectivity index (χ1) is 6.88.